The molecule has 0 fully saturated rings. The van der Waals surface area contributed by atoms with Gasteiger partial charge in [-0.25, -0.2) is 9.97 Å². The lowest BCUT2D eigenvalue weighted by atomic mass is 10.1. The van der Waals surface area contributed by atoms with Crippen LogP contribution in [0.2, 0.25) is 0 Å². The van der Waals surface area contributed by atoms with Crippen LogP contribution < -0.4 is 0 Å². The zero-order valence-electron chi connectivity index (χ0n) is 14.8. The highest BCUT2D eigenvalue weighted by atomic mass is 32.1. The molecule has 1 amide bonds. The molecule has 0 saturated carbocycles. The molecule has 3 heterocycles. The largest absolute Gasteiger partial charge is 0.333 e. The third-order valence-electron chi connectivity index (χ3n) is 4.62. The normalized spacial score (nSPS) is 18.1. The van der Waals surface area contributed by atoms with Gasteiger partial charge < -0.3 is 14.4 Å². The number of hydrogen-bond acceptors (Lipinski definition) is 5. The fourth-order valence-electron chi connectivity index (χ4n) is 3.05. The van der Waals surface area contributed by atoms with Gasteiger partial charge in [-0.15, -0.1) is 11.3 Å². The molecule has 6 nitrogen and oxygen atoms in total. The lowest BCUT2D eigenvalue weighted by Crippen LogP contribution is -2.40. The smallest absolute Gasteiger partial charge is 0.273 e. The Morgan fingerprint density at radius 3 is 2.92 bits per heavy atom. The van der Waals surface area contributed by atoms with Crippen LogP contribution in [0.3, 0.4) is 0 Å². The van der Waals surface area contributed by atoms with Crippen LogP contribution in [0.1, 0.15) is 35.2 Å². The molecular formula is C17H25N5OS. The predicted molar refractivity (Wildman–Crippen MR) is 95.1 cm³/mol. The van der Waals surface area contributed by atoms with E-state index in [4.69, 9.17) is 0 Å². The second-order valence-corrected chi connectivity index (χ2v) is 7.89. The Balaban J connectivity index is 1.82. The molecule has 0 aromatic carbocycles. The van der Waals surface area contributed by atoms with E-state index in [0.29, 0.717) is 24.2 Å². The first-order valence-electron chi connectivity index (χ1n) is 8.35. The summed E-state index contributed by atoms with van der Waals surface area (Å²) in [5, 5.41) is 2.77. The van der Waals surface area contributed by atoms with Gasteiger partial charge in [0.15, 0.2) is 0 Å². The number of nitrogens with zero attached hydrogens (tertiary/aromatic N) is 5. The molecule has 1 atom stereocenters. The van der Waals surface area contributed by atoms with Crippen molar-refractivity contribution in [3.8, 4) is 0 Å². The summed E-state index contributed by atoms with van der Waals surface area (Å²) in [7, 11) is 2.14. The van der Waals surface area contributed by atoms with E-state index in [1.54, 1.807) is 0 Å². The minimum atomic E-state index is 0.00741. The van der Waals surface area contributed by atoms with Crippen molar-refractivity contribution in [3.63, 3.8) is 0 Å². The van der Waals surface area contributed by atoms with E-state index < -0.39 is 0 Å². The molecule has 2 aromatic heterocycles. The van der Waals surface area contributed by atoms with Gasteiger partial charge in [-0.05, 0) is 27.8 Å². The molecule has 0 aliphatic carbocycles. The molecule has 1 unspecified atom stereocenters. The summed E-state index contributed by atoms with van der Waals surface area (Å²) in [6, 6.07) is 0.487. The topological polar surface area (TPSA) is 54.3 Å². The standard InChI is InChI=1S/C17H25N5OS/c1-12(2)20(4)7-14-8-21-6-5-18-16(21)10-22(9-14)17(23)15-11-24-13(3)19-15/h5-6,11-12,14H,7-10H2,1-4H3. The van der Waals surface area contributed by atoms with Crippen molar-refractivity contribution in [2.24, 2.45) is 5.92 Å². The van der Waals surface area contributed by atoms with Crippen LogP contribution in [0.4, 0.5) is 0 Å². The molecule has 24 heavy (non-hydrogen) atoms. The Kier molecular flexibility index (Phi) is 5.01. The molecule has 2 aromatic rings. The van der Waals surface area contributed by atoms with E-state index in [-0.39, 0.29) is 5.91 Å². The van der Waals surface area contributed by atoms with Gasteiger partial charge in [0.25, 0.3) is 5.91 Å². The quantitative estimate of drug-likeness (QED) is 0.851. The number of rotatable bonds is 4. The molecule has 0 saturated heterocycles. The van der Waals surface area contributed by atoms with Crippen molar-refractivity contribution < 1.29 is 4.79 Å². The Morgan fingerprint density at radius 2 is 2.25 bits per heavy atom. The average molecular weight is 347 g/mol. The summed E-state index contributed by atoms with van der Waals surface area (Å²) in [5.41, 5.74) is 0.550. The Labute approximate surface area is 147 Å². The number of fused-ring (bicyclic) bond motifs is 1. The monoisotopic (exact) mass is 347 g/mol. The van der Waals surface area contributed by atoms with Crippen molar-refractivity contribution in [2.75, 3.05) is 20.1 Å². The highest BCUT2D eigenvalue weighted by Gasteiger charge is 2.28. The zero-order valence-corrected chi connectivity index (χ0v) is 15.6. The van der Waals surface area contributed by atoms with Gasteiger partial charge in [-0.2, -0.15) is 0 Å². The summed E-state index contributed by atoms with van der Waals surface area (Å²) in [5.74, 6) is 1.33. The van der Waals surface area contributed by atoms with Gasteiger partial charge in [0.2, 0.25) is 0 Å². The third kappa shape index (κ3) is 3.67. The Hall–Kier alpha value is -1.73. The van der Waals surface area contributed by atoms with Gasteiger partial charge in [0.05, 0.1) is 11.6 Å². The number of aryl methyl sites for hydroxylation is 1. The van der Waals surface area contributed by atoms with Crippen LogP contribution in [0.15, 0.2) is 17.8 Å². The van der Waals surface area contributed by atoms with Gasteiger partial charge in [-0.1, -0.05) is 0 Å². The first-order chi connectivity index (χ1) is 11.4. The van der Waals surface area contributed by atoms with Crippen molar-refractivity contribution >= 4 is 17.2 Å². The number of carbonyl (C=O) groups excluding carboxylic acids is 1. The Morgan fingerprint density at radius 1 is 1.46 bits per heavy atom. The third-order valence-corrected chi connectivity index (χ3v) is 5.39. The maximum Gasteiger partial charge on any atom is 0.273 e. The summed E-state index contributed by atoms with van der Waals surface area (Å²) in [4.78, 5) is 25.9. The van der Waals surface area contributed by atoms with E-state index >= 15 is 0 Å². The van der Waals surface area contributed by atoms with E-state index in [1.807, 2.05) is 29.6 Å². The van der Waals surface area contributed by atoms with Crippen LogP contribution in [0, 0.1) is 12.8 Å². The van der Waals surface area contributed by atoms with E-state index in [0.717, 1.165) is 30.5 Å². The molecule has 130 valence electrons. The molecule has 0 spiro atoms. The minimum Gasteiger partial charge on any atom is -0.333 e. The molecule has 0 bridgehead atoms. The van der Waals surface area contributed by atoms with E-state index in [1.165, 1.54) is 11.3 Å². The van der Waals surface area contributed by atoms with Crippen molar-refractivity contribution in [2.45, 2.75) is 39.9 Å². The maximum absolute atomic E-state index is 12.9. The van der Waals surface area contributed by atoms with Gasteiger partial charge in [0, 0.05) is 49.4 Å². The molecular weight excluding hydrogens is 322 g/mol. The fourth-order valence-corrected chi connectivity index (χ4v) is 3.64. The fraction of sp³-hybridized carbons (Fsp3) is 0.588. The van der Waals surface area contributed by atoms with Crippen LogP contribution in [-0.2, 0) is 13.1 Å². The van der Waals surface area contributed by atoms with Crippen molar-refractivity contribution in [1.82, 2.24) is 24.3 Å². The lowest BCUT2D eigenvalue weighted by molar-refractivity contribution is 0.0697. The second-order valence-electron chi connectivity index (χ2n) is 6.83. The molecule has 0 N–H and O–H groups in total. The van der Waals surface area contributed by atoms with Crippen molar-refractivity contribution in [1.29, 1.82) is 0 Å². The van der Waals surface area contributed by atoms with Crippen molar-refractivity contribution in [3.05, 3.63) is 34.3 Å². The predicted octanol–water partition coefficient (Wildman–Crippen LogP) is 2.26. The van der Waals surface area contributed by atoms with Crippen LogP contribution in [0.25, 0.3) is 0 Å². The van der Waals surface area contributed by atoms with E-state index in [9.17, 15) is 4.79 Å². The summed E-state index contributed by atoms with van der Waals surface area (Å²) < 4.78 is 2.18. The highest BCUT2D eigenvalue weighted by Crippen LogP contribution is 2.20. The molecule has 1 aliphatic heterocycles. The summed E-state index contributed by atoms with van der Waals surface area (Å²) in [6.45, 7) is 9.44. The highest BCUT2D eigenvalue weighted by molar-refractivity contribution is 7.09. The second kappa shape index (κ2) is 7.03. The number of hydrogen-bond donors (Lipinski definition) is 0. The van der Waals surface area contributed by atoms with Gasteiger partial charge >= 0.3 is 0 Å². The zero-order chi connectivity index (χ0) is 17.3. The average Bonchev–Trinajstić information content (AvgIpc) is 3.11. The molecule has 0 radical (unpaired) electrons. The lowest BCUT2D eigenvalue weighted by Gasteiger charge is -2.29. The Bertz CT molecular complexity index is 707. The SMILES string of the molecule is Cc1nc(C(=O)N2Cc3nccn3CC(CN(C)C(C)C)C2)cs1. The number of imidazole rings is 1. The van der Waals surface area contributed by atoms with Gasteiger partial charge in [0.1, 0.15) is 11.5 Å². The first kappa shape index (κ1) is 17.1. The van der Waals surface area contributed by atoms with E-state index in [2.05, 4.69) is 40.3 Å². The molecule has 1 aliphatic rings. The van der Waals surface area contributed by atoms with Gasteiger partial charge in [-0.3, -0.25) is 4.79 Å². The molecule has 3 rings (SSSR count). The number of thiazole rings is 1. The summed E-state index contributed by atoms with van der Waals surface area (Å²) >= 11 is 1.52. The van der Waals surface area contributed by atoms with Crippen LogP contribution in [0.5, 0.6) is 0 Å². The first-order valence-corrected chi connectivity index (χ1v) is 9.23. The maximum atomic E-state index is 12.9. The van der Waals surface area contributed by atoms with Crippen LogP contribution >= 0.6 is 11.3 Å². The number of carbonyl (C=O) groups is 1. The minimum absolute atomic E-state index is 0.00741. The number of amides is 1. The van der Waals surface area contributed by atoms with Crippen LogP contribution in [-0.4, -0.2) is 56.4 Å². The summed E-state index contributed by atoms with van der Waals surface area (Å²) in [6.07, 6.45) is 3.83. The number of aromatic nitrogens is 3. The molecule has 7 heteroatoms.